The third kappa shape index (κ3) is 4.11. The number of Topliss-reactive ketones (excluding diaryl/α,β-unsaturated/α-hetero) is 1. The molecule has 37 heavy (non-hydrogen) atoms. The Kier molecular flexibility index (Phi) is 6.12. The van der Waals surface area contributed by atoms with Crippen molar-refractivity contribution in [1.29, 1.82) is 0 Å². The molecule has 2 amide bonds. The molecule has 12 heteroatoms. The summed E-state index contributed by atoms with van der Waals surface area (Å²) in [6, 6.07) is -1.74. The van der Waals surface area contributed by atoms with E-state index in [2.05, 4.69) is 0 Å². The summed E-state index contributed by atoms with van der Waals surface area (Å²) in [5, 5.41) is 0. The molecule has 6 nitrogen and oxygen atoms in total. The second-order valence-corrected chi connectivity index (χ2v) is 10.4. The SMILES string of the molecule is COC1(C(=O)C(=O)N2[C@@H]3CCC[C@H]2C(=O)N2Cc4c(cc(C(F)(F)F)cc4C(F)(F)F)C[C@@H]32)CCCC1. The summed E-state index contributed by atoms with van der Waals surface area (Å²) in [6.07, 6.45) is -6.99. The van der Waals surface area contributed by atoms with Gasteiger partial charge in [0.2, 0.25) is 5.91 Å². The number of carbonyl (C=O) groups is 3. The number of ether oxygens (including phenoxy) is 1. The molecule has 0 unspecified atom stereocenters. The molecule has 1 aromatic rings. The lowest BCUT2D eigenvalue weighted by Crippen LogP contribution is -2.72. The van der Waals surface area contributed by atoms with Crippen LogP contribution in [0, 0.1) is 0 Å². The molecule has 0 spiro atoms. The second-order valence-electron chi connectivity index (χ2n) is 10.4. The monoisotopic (exact) mass is 532 g/mol. The number of halogens is 6. The predicted octanol–water partition coefficient (Wildman–Crippen LogP) is 4.27. The van der Waals surface area contributed by atoms with Gasteiger partial charge in [0.15, 0.2) is 0 Å². The highest BCUT2D eigenvalue weighted by Crippen LogP contribution is 2.45. The fourth-order valence-corrected chi connectivity index (χ4v) is 6.64. The molecule has 1 saturated carbocycles. The van der Waals surface area contributed by atoms with Crippen LogP contribution in [-0.2, 0) is 44.4 Å². The first kappa shape index (κ1) is 26.0. The van der Waals surface area contributed by atoms with Crippen molar-refractivity contribution in [2.75, 3.05) is 7.11 Å². The van der Waals surface area contributed by atoms with E-state index in [0.29, 0.717) is 44.6 Å². The molecule has 0 radical (unpaired) electrons. The number of hydrogen-bond donors (Lipinski definition) is 0. The van der Waals surface area contributed by atoms with E-state index in [1.807, 2.05) is 0 Å². The number of hydrogen-bond acceptors (Lipinski definition) is 4. The summed E-state index contributed by atoms with van der Waals surface area (Å²) >= 11 is 0. The summed E-state index contributed by atoms with van der Waals surface area (Å²) in [6.45, 7) is -0.503. The van der Waals surface area contributed by atoms with Gasteiger partial charge in [0.25, 0.3) is 11.7 Å². The number of rotatable bonds is 3. The van der Waals surface area contributed by atoms with Gasteiger partial charge in [-0.15, -0.1) is 0 Å². The Hall–Kier alpha value is -2.63. The van der Waals surface area contributed by atoms with E-state index in [9.17, 15) is 40.7 Å². The lowest BCUT2D eigenvalue weighted by Gasteiger charge is -2.55. The van der Waals surface area contributed by atoms with Crippen LogP contribution in [0.5, 0.6) is 0 Å². The molecule has 3 heterocycles. The van der Waals surface area contributed by atoms with Crippen LogP contribution in [0.4, 0.5) is 26.3 Å². The lowest BCUT2D eigenvalue weighted by atomic mass is 9.78. The van der Waals surface area contributed by atoms with Crippen LogP contribution < -0.4 is 0 Å². The smallest absolute Gasteiger partial charge is 0.370 e. The maximum Gasteiger partial charge on any atom is 0.416 e. The van der Waals surface area contributed by atoms with E-state index in [1.165, 1.54) is 16.9 Å². The first-order valence-electron chi connectivity index (χ1n) is 12.3. The third-order valence-corrected chi connectivity index (χ3v) is 8.46. The van der Waals surface area contributed by atoms with Gasteiger partial charge in [0.1, 0.15) is 11.6 Å². The third-order valence-electron chi connectivity index (χ3n) is 8.46. The van der Waals surface area contributed by atoms with Crippen LogP contribution in [0.25, 0.3) is 0 Å². The molecule has 0 N–H and O–H groups in total. The van der Waals surface area contributed by atoms with E-state index in [4.69, 9.17) is 4.74 Å². The number of carbonyl (C=O) groups excluding carboxylic acids is 3. The van der Waals surface area contributed by atoms with Crippen LogP contribution in [-0.4, -0.2) is 58.2 Å². The van der Waals surface area contributed by atoms with Crippen molar-refractivity contribution < 1.29 is 45.5 Å². The molecule has 202 valence electrons. The van der Waals surface area contributed by atoms with E-state index >= 15 is 0 Å². The Morgan fingerprint density at radius 1 is 0.973 bits per heavy atom. The van der Waals surface area contributed by atoms with E-state index < -0.39 is 71.3 Å². The van der Waals surface area contributed by atoms with Gasteiger partial charge in [-0.05, 0) is 74.6 Å². The standard InChI is InChI=1S/C25H26F6N2O4/c1-37-23(7-2-3-8-23)20(34)22(36)33-17-5-4-6-18(33)21(35)32-12-15-13(10-19(17)32)9-14(24(26,27)28)11-16(15)25(29,30)31/h9,11,17-19H,2-8,10,12H2,1H3/t17-,18+,19+/m1/s1. The van der Waals surface area contributed by atoms with Crippen molar-refractivity contribution in [3.63, 3.8) is 0 Å². The normalized spacial score (nSPS) is 27.1. The zero-order chi connectivity index (χ0) is 26.9. The van der Waals surface area contributed by atoms with Gasteiger partial charge in [0, 0.05) is 13.7 Å². The molecule has 2 bridgehead atoms. The minimum absolute atomic E-state index is 0.0920. The Labute approximate surface area is 208 Å². The number of ketones is 1. The van der Waals surface area contributed by atoms with Crippen LogP contribution in [0.3, 0.4) is 0 Å². The minimum atomic E-state index is -5.04. The topological polar surface area (TPSA) is 66.9 Å². The predicted molar refractivity (Wildman–Crippen MR) is 116 cm³/mol. The Balaban J connectivity index is 1.54. The first-order valence-corrected chi connectivity index (χ1v) is 12.3. The number of nitrogens with zero attached hydrogens (tertiary/aromatic N) is 2. The number of piperazine rings is 1. The fraction of sp³-hybridized carbons (Fsp3) is 0.640. The van der Waals surface area contributed by atoms with Crippen LogP contribution in [0.2, 0.25) is 0 Å². The number of alkyl halides is 6. The van der Waals surface area contributed by atoms with E-state index in [1.54, 1.807) is 0 Å². The average molecular weight is 532 g/mol. The Morgan fingerprint density at radius 2 is 1.65 bits per heavy atom. The molecule has 1 aromatic carbocycles. The number of amides is 2. The quantitative estimate of drug-likeness (QED) is 0.431. The maximum absolute atomic E-state index is 13.8. The summed E-state index contributed by atoms with van der Waals surface area (Å²) in [5.74, 6) is -2.20. The Morgan fingerprint density at radius 3 is 2.24 bits per heavy atom. The van der Waals surface area contributed by atoms with E-state index in [0.717, 1.165) is 0 Å². The fourth-order valence-electron chi connectivity index (χ4n) is 6.64. The molecule has 1 aliphatic carbocycles. The van der Waals surface area contributed by atoms with Crippen molar-refractivity contribution in [1.82, 2.24) is 9.80 Å². The van der Waals surface area contributed by atoms with Gasteiger partial charge in [-0.2, -0.15) is 26.3 Å². The average Bonchev–Trinajstić information content (AvgIpc) is 3.34. The number of methoxy groups -OCH3 is 1. The van der Waals surface area contributed by atoms with Gasteiger partial charge in [-0.3, -0.25) is 14.4 Å². The first-order chi connectivity index (χ1) is 17.3. The van der Waals surface area contributed by atoms with Gasteiger partial charge < -0.3 is 14.5 Å². The van der Waals surface area contributed by atoms with Crippen LogP contribution in [0.15, 0.2) is 12.1 Å². The van der Waals surface area contributed by atoms with Crippen molar-refractivity contribution >= 4 is 17.6 Å². The highest BCUT2D eigenvalue weighted by molar-refractivity contribution is 6.39. The minimum Gasteiger partial charge on any atom is -0.370 e. The molecule has 5 rings (SSSR count). The highest BCUT2D eigenvalue weighted by atomic mass is 19.4. The van der Waals surface area contributed by atoms with Crippen molar-refractivity contribution in [2.45, 2.75) is 94.0 Å². The van der Waals surface area contributed by atoms with Crippen LogP contribution in [0.1, 0.15) is 67.2 Å². The zero-order valence-electron chi connectivity index (χ0n) is 20.0. The lowest BCUT2D eigenvalue weighted by molar-refractivity contribution is -0.174. The van der Waals surface area contributed by atoms with Gasteiger partial charge in [-0.1, -0.05) is 0 Å². The molecule has 4 aliphatic rings. The molecule has 3 atom stereocenters. The summed E-state index contributed by atoms with van der Waals surface area (Å²) in [4.78, 5) is 42.9. The molecule has 3 fully saturated rings. The zero-order valence-corrected chi connectivity index (χ0v) is 20.0. The number of benzene rings is 1. The van der Waals surface area contributed by atoms with Gasteiger partial charge in [0.05, 0.1) is 23.2 Å². The maximum atomic E-state index is 13.8. The highest BCUT2D eigenvalue weighted by Gasteiger charge is 2.56. The van der Waals surface area contributed by atoms with Crippen molar-refractivity contribution in [3.8, 4) is 0 Å². The second kappa shape index (κ2) is 8.71. The summed E-state index contributed by atoms with van der Waals surface area (Å²) < 4.78 is 87.2. The van der Waals surface area contributed by atoms with Crippen molar-refractivity contribution in [3.05, 3.63) is 34.4 Å². The number of piperidine rings is 1. The molecule has 2 saturated heterocycles. The summed E-state index contributed by atoms with van der Waals surface area (Å²) in [5.41, 5.74) is -4.60. The van der Waals surface area contributed by atoms with E-state index in [-0.39, 0.29) is 30.0 Å². The van der Waals surface area contributed by atoms with Crippen LogP contribution >= 0.6 is 0 Å². The van der Waals surface area contributed by atoms with Gasteiger partial charge in [-0.25, -0.2) is 0 Å². The van der Waals surface area contributed by atoms with Gasteiger partial charge >= 0.3 is 12.4 Å². The van der Waals surface area contributed by atoms with Crippen molar-refractivity contribution in [2.24, 2.45) is 0 Å². The molecule has 3 aliphatic heterocycles. The largest absolute Gasteiger partial charge is 0.416 e. The molecule has 0 aromatic heterocycles. The molecular formula is C25H26F6N2O4. The summed E-state index contributed by atoms with van der Waals surface area (Å²) in [7, 11) is 1.36. The number of fused-ring (bicyclic) bond motifs is 5. The Bertz CT molecular complexity index is 1140. The molecular weight excluding hydrogens is 506 g/mol.